The number of hydrogen-bond donors (Lipinski definition) is 1. The van der Waals surface area contributed by atoms with E-state index in [9.17, 15) is 5.11 Å². The summed E-state index contributed by atoms with van der Waals surface area (Å²) in [6.07, 6.45) is 3.47. The number of hydrogen-bond acceptors (Lipinski definition) is 2. The fourth-order valence-electron chi connectivity index (χ4n) is 2.08. The molecule has 0 aliphatic heterocycles. The van der Waals surface area contributed by atoms with Crippen molar-refractivity contribution in [2.45, 2.75) is 13.2 Å². The Balaban J connectivity index is 2.24. The average Bonchev–Trinajstić information content (AvgIpc) is 2.52. The van der Waals surface area contributed by atoms with E-state index in [0.717, 1.165) is 28.0 Å². The monoisotopic (exact) mass is 266 g/mol. The summed E-state index contributed by atoms with van der Waals surface area (Å²) in [5.74, 6) is 0.721. The second-order valence-electron chi connectivity index (χ2n) is 4.43. The molecular formula is C18H18O2. The highest BCUT2D eigenvalue weighted by molar-refractivity contribution is 5.68. The molecule has 2 aromatic carbocycles. The van der Waals surface area contributed by atoms with Gasteiger partial charge in [0.15, 0.2) is 0 Å². The van der Waals surface area contributed by atoms with E-state index in [1.807, 2.05) is 42.5 Å². The highest BCUT2D eigenvalue weighted by atomic mass is 16.5. The minimum absolute atomic E-state index is 0.0509. The molecule has 0 fully saturated rings. The van der Waals surface area contributed by atoms with Crippen LogP contribution in [0.25, 0.3) is 12.2 Å². The van der Waals surface area contributed by atoms with Gasteiger partial charge in [-0.1, -0.05) is 55.6 Å². The first kappa shape index (κ1) is 14.1. The number of aliphatic hydroxyl groups excluding tert-OH is 1. The summed E-state index contributed by atoms with van der Waals surface area (Å²) in [5, 5.41) is 9.44. The Morgan fingerprint density at radius 3 is 2.40 bits per heavy atom. The van der Waals surface area contributed by atoms with Gasteiger partial charge in [0.25, 0.3) is 0 Å². The molecule has 0 saturated heterocycles. The molecule has 0 aromatic heterocycles. The van der Waals surface area contributed by atoms with Crippen molar-refractivity contribution in [1.29, 1.82) is 0 Å². The van der Waals surface area contributed by atoms with E-state index in [-0.39, 0.29) is 6.61 Å². The van der Waals surface area contributed by atoms with E-state index < -0.39 is 0 Å². The quantitative estimate of drug-likeness (QED) is 0.855. The van der Waals surface area contributed by atoms with Crippen LogP contribution < -0.4 is 4.74 Å². The third kappa shape index (κ3) is 3.16. The van der Waals surface area contributed by atoms with Crippen LogP contribution in [-0.4, -0.2) is 5.11 Å². The second kappa shape index (κ2) is 6.73. The standard InChI is InChI=1S/C18H18O2/c1-3-15-10-17(11-16(12-19)18(15)4-2)20-13-14-8-6-5-7-9-14/h3-11,19H,1-2,12-13H2. The molecule has 0 heterocycles. The summed E-state index contributed by atoms with van der Waals surface area (Å²) >= 11 is 0. The highest BCUT2D eigenvalue weighted by Gasteiger charge is 2.07. The lowest BCUT2D eigenvalue weighted by Crippen LogP contribution is -1.99. The van der Waals surface area contributed by atoms with Crippen LogP contribution in [0.5, 0.6) is 5.75 Å². The zero-order valence-electron chi connectivity index (χ0n) is 11.4. The predicted molar refractivity (Wildman–Crippen MR) is 83.3 cm³/mol. The van der Waals surface area contributed by atoms with Gasteiger partial charge in [-0.25, -0.2) is 0 Å². The van der Waals surface area contributed by atoms with Crippen molar-refractivity contribution in [3.05, 3.63) is 77.9 Å². The lowest BCUT2D eigenvalue weighted by molar-refractivity contribution is 0.277. The molecule has 0 bridgehead atoms. The molecule has 2 rings (SSSR count). The van der Waals surface area contributed by atoms with Crippen LogP contribution in [0.2, 0.25) is 0 Å². The van der Waals surface area contributed by atoms with Gasteiger partial charge in [-0.05, 0) is 34.4 Å². The second-order valence-corrected chi connectivity index (χ2v) is 4.43. The van der Waals surface area contributed by atoms with Crippen LogP contribution in [0, 0.1) is 0 Å². The average molecular weight is 266 g/mol. The predicted octanol–water partition coefficient (Wildman–Crippen LogP) is 4.04. The molecule has 0 unspecified atom stereocenters. The van der Waals surface area contributed by atoms with Crippen LogP contribution in [0.1, 0.15) is 22.3 Å². The summed E-state index contributed by atoms with van der Waals surface area (Å²) in [5.41, 5.74) is 3.70. The molecule has 102 valence electrons. The first-order chi connectivity index (χ1) is 9.78. The Bertz CT molecular complexity index is 600. The van der Waals surface area contributed by atoms with Crippen LogP contribution in [0.3, 0.4) is 0 Å². The van der Waals surface area contributed by atoms with Gasteiger partial charge >= 0.3 is 0 Å². The van der Waals surface area contributed by atoms with Gasteiger partial charge in [-0.15, -0.1) is 0 Å². The highest BCUT2D eigenvalue weighted by Crippen LogP contribution is 2.25. The molecule has 2 nitrogen and oxygen atoms in total. The maximum atomic E-state index is 9.44. The van der Waals surface area contributed by atoms with Crippen molar-refractivity contribution < 1.29 is 9.84 Å². The van der Waals surface area contributed by atoms with E-state index in [1.54, 1.807) is 12.2 Å². The van der Waals surface area contributed by atoms with Gasteiger partial charge in [0.05, 0.1) is 6.61 Å². The van der Waals surface area contributed by atoms with E-state index >= 15 is 0 Å². The number of ether oxygens (including phenoxy) is 1. The molecule has 0 aliphatic rings. The van der Waals surface area contributed by atoms with Crippen molar-refractivity contribution in [2.75, 3.05) is 0 Å². The molecular weight excluding hydrogens is 248 g/mol. The fourth-order valence-corrected chi connectivity index (χ4v) is 2.08. The summed E-state index contributed by atoms with van der Waals surface area (Å²) in [6.45, 7) is 8.01. The number of benzene rings is 2. The Morgan fingerprint density at radius 2 is 1.80 bits per heavy atom. The maximum absolute atomic E-state index is 9.44. The third-order valence-corrected chi connectivity index (χ3v) is 3.11. The summed E-state index contributed by atoms with van der Waals surface area (Å²) in [6, 6.07) is 13.7. The minimum atomic E-state index is -0.0509. The summed E-state index contributed by atoms with van der Waals surface area (Å²) in [7, 11) is 0. The zero-order chi connectivity index (χ0) is 14.4. The van der Waals surface area contributed by atoms with Crippen molar-refractivity contribution in [2.24, 2.45) is 0 Å². The fraction of sp³-hybridized carbons (Fsp3) is 0.111. The van der Waals surface area contributed by atoms with Crippen molar-refractivity contribution in [3.8, 4) is 5.75 Å². The minimum Gasteiger partial charge on any atom is -0.489 e. The lowest BCUT2D eigenvalue weighted by atomic mass is 10.0. The molecule has 2 heteroatoms. The van der Waals surface area contributed by atoms with Crippen LogP contribution >= 0.6 is 0 Å². The van der Waals surface area contributed by atoms with Gasteiger partial charge in [-0.2, -0.15) is 0 Å². The molecule has 0 aliphatic carbocycles. The summed E-state index contributed by atoms with van der Waals surface area (Å²) in [4.78, 5) is 0. The Hall–Kier alpha value is -2.32. The van der Waals surface area contributed by atoms with Gasteiger partial charge in [0.1, 0.15) is 12.4 Å². The van der Waals surface area contributed by atoms with E-state index in [0.29, 0.717) is 6.61 Å². The maximum Gasteiger partial charge on any atom is 0.120 e. The lowest BCUT2D eigenvalue weighted by Gasteiger charge is -2.12. The normalized spacial score (nSPS) is 10.1. The smallest absolute Gasteiger partial charge is 0.120 e. The number of rotatable bonds is 6. The van der Waals surface area contributed by atoms with Crippen molar-refractivity contribution in [3.63, 3.8) is 0 Å². The van der Waals surface area contributed by atoms with Crippen molar-refractivity contribution >= 4 is 12.2 Å². The topological polar surface area (TPSA) is 29.5 Å². The number of aliphatic hydroxyl groups is 1. The molecule has 1 N–H and O–H groups in total. The summed E-state index contributed by atoms with van der Waals surface area (Å²) < 4.78 is 5.78. The Morgan fingerprint density at radius 1 is 1.05 bits per heavy atom. The Kier molecular flexibility index (Phi) is 4.75. The van der Waals surface area contributed by atoms with Gasteiger partial charge in [-0.3, -0.25) is 0 Å². The van der Waals surface area contributed by atoms with Gasteiger partial charge in [0, 0.05) is 0 Å². The molecule has 0 radical (unpaired) electrons. The van der Waals surface area contributed by atoms with Crippen LogP contribution in [-0.2, 0) is 13.2 Å². The SMILES string of the molecule is C=Cc1cc(OCc2ccccc2)cc(CO)c1C=C. The van der Waals surface area contributed by atoms with Crippen LogP contribution in [0.4, 0.5) is 0 Å². The van der Waals surface area contributed by atoms with Gasteiger partial charge in [0.2, 0.25) is 0 Å². The molecule has 0 spiro atoms. The first-order valence-corrected chi connectivity index (χ1v) is 6.48. The van der Waals surface area contributed by atoms with Crippen LogP contribution in [0.15, 0.2) is 55.6 Å². The third-order valence-electron chi connectivity index (χ3n) is 3.11. The van der Waals surface area contributed by atoms with E-state index in [4.69, 9.17) is 4.74 Å². The molecule has 2 aromatic rings. The largest absolute Gasteiger partial charge is 0.489 e. The van der Waals surface area contributed by atoms with E-state index in [1.165, 1.54) is 0 Å². The zero-order valence-corrected chi connectivity index (χ0v) is 11.4. The Labute approximate surface area is 119 Å². The molecule has 0 atom stereocenters. The van der Waals surface area contributed by atoms with E-state index in [2.05, 4.69) is 13.2 Å². The first-order valence-electron chi connectivity index (χ1n) is 6.48. The molecule has 0 amide bonds. The molecule has 0 saturated carbocycles. The van der Waals surface area contributed by atoms with Gasteiger partial charge < -0.3 is 9.84 Å². The molecule has 20 heavy (non-hydrogen) atoms. The van der Waals surface area contributed by atoms with Crippen molar-refractivity contribution in [1.82, 2.24) is 0 Å².